The molecule has 2 N–H and O–H groups in total. The van der Waals surface area contributed by atoms with E-state index in [4.69, 9.17) is 9.52 Å². The summed E-state index contributed by atoms with van der Waals surface area (Å²) in [5.74, 6) is -1.37. The monoisotopic (exact) mass is 437 g/mol. The second kappa shape index (κ2) is 7.22. The predicted molar refractivity (Wildman–Crippen MR) is 101 cm³/mol. The summed E-state index contributed by atoms with van der Waals surface area (Å²) in [5, 5.41) is 9.58. The second-order valence-corrected chi connectivity index (χ2v) is 8.48. The van der Waals surface area contributed by atoms with Crippen LogP contribution in [0.25, 0.3) is 11.0 Å². The molecule has 0 aliphatic heterocycles. The molecule has 26 heavy (non-hydrogen) atoms. The Balaban J connectivity index is 1.80. The number of carbonyl (C=O) groups is 1. The molecular formula is C18H16BrNO5S. The molecule has 0 aliphatic carbocycles. The summed E-state index contributed by atoms with van der Waals surface area (Å²) < 4.78 is 33.8. The first kappa shape index (κ1) is 18.6. The van der Waals surface area contributed by atoms with E-state index in [1.807, 2.05) is 24.3 Å². The number of sulfonamides is 1. The molecule has 0 unspecified atom stereocenters. The van der Waals surface area contributed by atoms with E-state index in [0.717, 1.165) is 10.0 Å². The summed E-state index contributed by atoms with van der Waals surface area (Å²) >= 11 is 3.38. The van der Waals surface area contributed by atoms with Crippen molar-refractivity contribution in [1.82, 2.24) is 4.72 Å². The normalized spacial score (nSPS) is 11.8. The fourth-order valence-corrected chi connectivity index (χ4v) is 4.18. The van der Waals surface area contributed by atoms with Crippen molar-refractivity contribution < 1.29 is 22.7 Å². The summed E-state index contributed by atoms with van der Waals surface area (Å²) in [6, 6.07) is 12.0. The third-order valence-electron chi connectivity index (χ3n) is 4.01. The van der Waals surface area contributed by atoms with Crippen LogP contribution in [0.15, 0.2) is 56.2 Å². The van der Waals surface area contributed by atoms with Gasteiger partial charge in [0.1, 0.15) is 5.58 Å². The molecule has 2 aromatic carbocycles. The number of rotatable bonds is 6. The zero-order valence-corrected chi connectivity index (χ0v) is 16.2. The first-order valence-electron chi connectivity index (χ1n) is 7.78. The van der Waals surface area contributed by atoms with E-state index in [1.54, 1.807) is 6.92 Å². The summed E-state index contributed by atoms with van der Waals surface area (Å²) in [5.41, 5.74) is 1.75. The molecule has 3 rings (SSSR count). The highest BCUT2D eigenvalue weighted by atomic mass is 79.9. The number of hydrogen-bond acceptors (Lipinski definition) is 4. The zero-order chi connectivity index (χ0) is 18.9. The van der Waals surface area contributed by atoms with Crippen LogP contribution in [0.4, 0.5) is 0 Å². The Labute approximate surface area is 159 Å². The Kier molecular flexibility index (Phi) is 5.17. The van der Waals surface area contributed by atoms with Gasteiger partial charge in [-0.05, 0) is 49.2 Å². The smallest absolute Gasteiger partial charge is 0.372 e. The number of carboxylic acids is 1. The van der Waals surface area contributed by atoms with Crippen molar-refractivity contribution in [2.75, 3.05) is 6.54 Å². The van der Waals surface area contributed by atoms with E-state index < -0.39 is 16.0 Å². The Bertz CT molecular complexity index is 1090. The zero-order valence-electron chi connectivity index (χ0n) is 13.8. The lowest BCUT2D eigenvalue weighted by Crippen LogP contribution is -2.26. The summed E-state index contributed by atoms with van der Waals surface area (Å²) in [7, 11) is -3.71. The van der Waals surface area contributed by atoms with Crippen LogP contribution in [0.1, 0.15) is 21.7 Å². The number of fused-ring (bicyclic) bond motifs is 1. The minimum Gasteiger partial charge on any atom is -0.475 e. The Morgan fingerprint density at radius 2 is 2.00 bits per heavy atom. The lowest BCUT2D eigenvalue weighted by molar-refractivity contribution is 0.0664. The predicted octanol–water partition coefficient (Wildman–Crippen LogP) is 3.72. The van der Waals surface area contributed by atoms with Gasteiger partial charge in [-0.15, -0.1) is 0 Å². The molecule has 1 aromatic heterocycles. The maximum absolute atomic E-state index is 12.5. The second-order valence-electron chi connectivity index (χ2n) is 5.80. The van der Waals surface area contributed by atoms with Gasteiger partial charge >= 0.3 is 5.97 Å². The molecular weight excluding hydrogens is 422 g/mol. The molecule has 0 atom stereocenters. The van der Waals surface area contributed by atoms with Gasteiger partial charge in [-0.3, -0.25) is 0 Å². The number of benzene rings is 2. The molecule has 3 aromatic rings. The van der Waals surface area contributed by atoms with E-state index in [0.29, 0.717) is 23.0 Å². The third-order valence-corrected chi connectivity index (χ3v) is 5.96. The van der Waals surface area contributed by atoms with Crippen LogP contribution in [0.5, 0.6) is 0 Å². The molecule has 0 saturated carbocycles. The highest BCUT2D eigenvalue weighted by molar-refractivity contribution is 9.10. The van der Waals surface area contributed by atoms with Crippen LogP contribution in [0.2, 0.25) is 0 Å². The van der Waals surface area contributed by atoms with Gasteiger partial charge in [0.2, 0.25) is 15.8 Å². The van der Waals surface area contributed by atoms with E-state index in [-0.39, 0.29) is 17.2 Å². The van der Waals surface area contributed by atoms with E-state index in [1.165, 1.54) is 18.2 Å². The number of aromatic carboxylic acids is 1. The molecule has 0 aliphatic rings. The highest BCUT2D eigenvalue weighted by Crippen LogP contribution is 2.27. The van der Waals surface area contributed by atoms with Gasteiger partial charge in [0.25, 0.3) is 0 Å². The van der Waals surface area contributed by atoms with Crippen molar-refractivity contribution in [2.45, 2.75) is 18.2 Å². The van der Waals surface area contributed by atoms with Crippen molar-refractivity contribution in [3.05, 3.63) is 63.8 Å². The van der Waals surface area contributed by atoms with Crippen LogP contribution < -0.4 is 4.72 Å². The first-order chi connectivity index (χ1) is 12.3. The van der Waals surface area contributed by atoms with Crippen LogP contribution >= 0.6 is 15.9 Å². The minimum absolute atomic E-state index is 0.0695. The summed E-state index contributed by atoms with van der Waals surface area (Å²) in [4.78, 5) is 11.2. The number of carboxylic acid groups (broad SMARTS) is 1. The maximum Gasteiger partial charge on any atom is 0.372 e. The topological polar surface area (TPSA) is 96.6 Å². The van der Waals surface area contributed by atoms with Gasteiger partial charge in [-0.1, -0.05) is 28.1 Å². The molecule has 0 fully saturated rings. The third kappa shape index (κ3) is 3.82. The molecule has 136 valence electrons. The quantitative estimate of drug-likeness (QED) is 0.612. The number of halogens is 1. The first-order valence-corrected chi connectivity index (χ1v) is 10.1. The number of nitrogens with one attached hydrogen (secondary N) is 1. The highest BCUT2D eigenvalue weighted by Gasteiger charge is 2.20. The van der Waals surface area contributed by atoms with Crippen molar-refractivity contribution >= 4 is 42.9 Å². The van der Waals surface area contributed by atoms with Crippen molar-refractivity contribution in [1.29, 1.82) is 0 Å². The fourth-order valence-electron chi connectivity index (χ4n) is 2.68. The van der Waals surface area contributed by atoms with Gasteiger partial charge in [-0.2, -0.15) is 0 Å². The number of furan rings is 1. The average molecular weight is 438 g/mol. The molecule has 0 radical (unpaired) electrons. The molecule has 0 spiro atoms. The van der Waals surface area contributed by atoms with Gasteiger partial charge in [0, 0.05) is 22.0 Å². The van der Waals surface area contributed by atoms with Gasteiger partial charge in [-0.25, -0.2) is 17.9 Å². The molecule has 0 amide bonds. The Morgan fingerprint density at radius 3 is 2.69 bits per heavy atom. The summed E-state index contributed by atoms with van der Waals surface area (Å²) in [6.07, 6.45) is 0.550. The fraction of sp³-hybridized carbons (Fsp3) is 0.167. The molecule has 6 nitrogen and oxygen atoms in total. The standard InChI is InChI=1S/C18H16BrNO5S/c1-11-15-10-14(5-6-16(15)25-17(11)18(21)22)26(23,24)20-8-7-12-3-2-4-13(19)9-12/h2-6,9-10,20H,7-8H2,1H3,(H,21,22). The van der Waals surface area contributed by atoms with Gasteiger partial charge in [0.05, 0.1) is 4.90 Å². The summed E-state index contributed by atoms with van der Waals surface area (Å²) in [6.45, 7) is 1.84. The molecule has 0 saturated heterocycles. The Morgan fingerprint density at radius 1 is 1.23 bits per heavy atom. The van der Waals surface area contributed by atoms with E-state index >= 15 is 0 Å². The van der Waals surface area contributed by atoms with Crippen molar-refractivity contribution in [3.8, 4) is 0 Å². The average Bonchev–Trinajstić information content (AvgIpc) is 2.91. The van der Waals surface area contributed by atoms with E-state index in [9.17, 15) is 13.2 Å². The number of aryl methyl sites for hydroxylation is 1. The van der Waals surface area contributed by atoms with E-state index in [2.05, 4.69) is 20.7 Å². The number of hydrogen-bond donors (Lipinski definition) is 2. The van der Waals surface area contributed by atoms with Crippen molar-refractivity contribution in [2.24, 2.45) is 0 Å². The molecule has 0 bridgehead atoms. The lowest BCUT2D eigenvalue weighted by Gasteiger charge is -2.07. The largest absolute Gasteiger partial charge is 0.475 e. The van der Waals surface area contributed by atoms with Gasteiger partial charge < -0.3 is 9.52 Å². The van der Waals surface area contributed by atoms with Gasteiger partial charge in [0.15, 0.2) is 0 Å². The maximum atomic E-state index is 12.5. The molecule has 1 heterocycles. The SMILES string of the molecule is Cc1c(C(=O)O)oc2ccc(S(=O)(=O)NCCc3cccc(Br)c3)cc12. The van der Waals surface area contributed by atoms with Crippen LogP contribution in [-0.2, 0) is 16.4 Å². The lowest BCUT2D eigenvalue weighted by atomic mass is 10.1. The Hall–Kier alpha value is -2.16. The van der Waals surface area contributed by atoms with Crippen molar-refractivity contribution in [3.63, 3.8) is 0 Å². The van der Waals surface area contributed by atoms with Crippen LogP contribution in [-0.4, -0.2) is 26.0 Å². The minimum atomic E-state index is -3.71. The molecule has 8 heteroatoms. The van der Waals surface area contributed by atoms with Crippen LogP contribution in [0, 0.1) is 6.92 Å². The van der Waals surface area contributed by atoms with Crippen LogP contribution in [0.3, 0.4) is 0 Å².